The zero-order valence-corrected chi connectivity index (χ0v) is 45.1. The molecule has 1 aliphatic heterocycles. The maximum absolute atomic E-state index is 15.7. The molecular formula is C51H51Cl6NO17. The third-order valence-electron chi connectivity index (χ3n) is 14.3. The van der Waals surface area contributed by atoms with Crippen LogP contribution in [0.4, 0.5) is 9.59 Å². The van der Waals surface area contributed by atoms with Crippen LogP contribution in [0.25, 0.3) is 0 Å². The third-order valence-corrected chi connectivity index (χ3v) is 15.0. The maximum atomic E-state index is 15.7. The van der Waals surface area contributed by atoms with Crippen molar-refractivity contribution in [1.82, 2.24) is 5.32 Å². The number of nitrogens with one attached hydrogen (secondary N) is 1. The molecule has 18 nitrogen and oxygen atoms in total. The van der Waals surface area contributed by atoms with Gasteiger partial charge in [-0.05, 0) is 54.8 Å². The standard InChI is InChI=1S/C51H51Cl6NO17/c1-26-31(71-43(64)37(73-45(66)70-25-51(55,56)57)35(28-15-9-6-10-16-28)58-41(62)29-17-11-7-12-18-29)22-49(67)40(74-42(63)30-19-13-8-14-20-30)38-47(5,39(61)36(60)34(26)46(49,3)4)32(72-44(65)69-24-50(52,53)54)21-33-48(38,23-68-33)75-27(2)59/h6-20,31-33,35-38,40,60,67H,21-25H2,1-5H3,(H,58,62)/t31-,32-,33+,35-,36+,37+,38?,40-,47+,48-,49+/m0/s1. The van der Waals surface area contributed by atoms with Gasteiger partial charge in [-0.15, -0.1) is 0 Å². The van der Waals surface area contributed by atoms with Crippen LogP contribution in [0.5, 0.6) is 0 Å². The van der Waals surface area contributed by atoms with Crippen molar-refractivity contribution in [2.75, 3.05) is 19.8 Å². The van der Waals surface area contributed by atoms with Crippen molar-refractivity contribution in [3.8, 4) is 0 Å². The first-order chi connectivity index (χ1) is 35.0. The van der Waals surface area contributed by atoms with E-state index in [-0.39, 0.29) is 34.3 Å². The lowest BCUT2D eigenvalue weighted by atomic mass is 9.44. The van der Waals surface area contributed by atoms with E-state index in [1.54, 1.807) is 42.5 Å². The lowest BCUT2D eigenvalue weighted by molar-refractivity contribution is -0.346. The summed E-state index contributed by atoms with van der Waals surface area (Å²) in [5.74, 6) is -6.91. The van der Waals surface area contributed by atoms with E-state index in [2.05, 4.69) is 5.32 Å². The van der Waals surface area contributed by atoms with E-state index < -0.39 is 146 Å². The fourth-order valence-corrected chi connectivity index (χ4v) is 11.1. The fourth-order valence-electron chi connectivity index (χ4n) is 10.8. The van der Waals surface area contributed by atoms with Crippen LogP contribution in [0.15, 0.2) is 102 Å². The van der Waals surface area contributed by atoms with E-state index in [0.29, 0.717) is 0 Å². The van der Waals surface area contributed by atoms with Gasteiger partial charge < -0.3 is 53.4 Å². The predicted octanol–water partition coefficient (Wildman–Crippen LogP) is 8.23. The van der Waals surface area contributed by atoms with Crippen LogP contribution in [0.2, 0.25) is 0 Å². The molecule has 0 spiro atoms. The number of amides is 1. The van der Waals surface area contributed by atoms with Crippen molar-refractivity contribution >= 4 is 112 Å². The number of esters is 3. The maximum Gasteiger partial charge on any atom is 0.509 e. The second-order valence-corrected chi connectivity index (χ2v) is 24.3. The summed E-state index contributed by atoms with van der Waals surface area (Å²) >= 11 is 35.1. The second kappa shape index (κ2) is 22.2. The lowest BCUT2D eigenvalue weighted by Crippen LogP contribution is -2.82. The van der Waals surface area contributed by atoms with Crippen molar-refractivity contribution in [3.05, 3.63) is 119 Å². The third kappa shape index (κ3) is 11.8. The van der Waals surface area contributed by atoms with Crippen LogP contribution < -0.4 is 5.32 Å². The van der Waals surface area contributed by atoms with Gasteiger partial charge in [0.25, 0.3) is 5.91 Å². The Hall–Kier alpha value is -4.89. The Morgan fingerprint density at radius 2 is 1.33 bits per heavy atom. The van der Waals surface area contributed by atoms with Gasteiger partial charge in [-0.3, -0.25) is 14.4 Å². The number of alkyl halides is 6. The summed E-state index contributed by atoms with van der Waals surface area (Å²) in [5, 5.41) is 29.4. The van der Waals surface area contributed by atoms with Gasteiger partial charge in [0.1, 0.15) is 55.4 Å². The number of carbonyl (C=O) groups excluding carboxylic acids is 7. The van der Waals surface area contributed by atoms with Gasteiger partial charge >= 0.3 is 30.2 Å². The molecule has 75 heavy (non-hydrogen) atoms. The van der Waals surface area contributed by atoms with Crippen LogP contribution in [-0.2, 0) is 52.3 Å². The molecule has 404 valence electrons. The van der Waals surface area contributed by atoms with Crippen LogP contribution in [-0.4, -0.2) is 127 Å². The molecule has 3 aliphatic carbocycles. The number of aliphatic hydroxyl groups excluding tert-OH is 1. The zero-order chi connectivity index (χ0) is 55.1. The number of halogens is 6. The van der Waals surface area contributed by atoms with E-state index in [9.17, 15) is 34.2 Å². The molecule has 1 unspecified atom stereocenters. The van der Waals surface area contributed by atoms with Gasteiger partial charge in [0.15, 0.2) is 11.4 Å². The smallest absolute Gasteiger partial charge is 0.455 e. The summed E-state index contributed by atoms with van der Waals surface area (Å²) in [6.07, 6.45) is -15.1. The topological polar surface area (TPSA) is 246 Å². The molecule has 2 bridgehead atoms. The second-order valence-electron chi connectivity index (χ2n) is 19.3. The minimum Gasteiger partial charge on any atom is -0.455 e. The van der Waals surface area contributed by atoms with E-state index in [4.69, 9.17) is 108 Å². The zero-order valence-electron chi connectivity index (χ0n) is 40.6. The van der Waals surface area contributed by atoms with E-state index >= 15 is 9.59 Å². The molecular weight excluding hydrogens is 1110 g/mol. The number of hydrogen-bond donors (Lipinski definition) is 3. The minimum atomic E-state index is -2.60. The molecule has 11 atom stereocenters. The van der Waals surface area contributed by atoms with Gasteiger partial charge in [-0.2, -0.15) is 0 Å². The first-order valence-electron chi connectivity index (χ1n) is 23.2. The highest BCUT2D eigenvalue weighted by atomic mass is 35.6. The first-order valence-corrected chi connectivity index (χ1v) is 25.5. The summed E-state index contributed by atoms with van der Waals surface area (Å²) in [4.78, 5) is 99.5. The average molecular weight is 1160 g/mol. The average Bonchev–Trinajstić information content (AvgIpc) is 3.34. The molecule has 3 aromatic rings. The number of ether oxygens (including phenoxy) is 8. The van der Waals surface area contributed by atoms with Gasteiger partial charge in [0.05, 0.1) is 23.5 Å². The Labute approximate surface area is 460 Å². The number of hydrogen-bond acceptors (Lipinski definition) is 17. The Morgan fingerprint density at radius 3 is 1.87 bits per heavy atom. The number of benzene rings is 3. The van der Waals surface area contributed by atoms with Crippen molar-refractivity contribution < 1.29 is 81.7 Å². The molecule has 0 radical (unpaired) electrons. The number of ketones is 1. The molecule has 1 saturated heterocycles. The van der Waals surface area contributed by atoms with Gasteiger partial charge in [0.2, 0.25) is 13.7 Å². The van der Waals surface area contributed by atoms with Gasteiger partial charge in [0, 0.05) is 30.7 Å². The molecule has 0 aromatic heterocycles. The van der Waals surface area contributed by atoms with E-state index in [1.165, 1.54) is 76.2 Å². The molecule has 1 heterocycles. The summed E-state index contributed by atoms with van der Waals surface area (Å²) in [5.41, 5.74) is -8.62. The largest absolute Gasteiger partial charge is 0.509 e. The number of fused-ring (bicyclic) bond motifs is 5. The van der Waals surface area contributed by atoms with Crippen LogP contribution >= 0.6 is 69.6 Å². The number of rotatable bonds is 13. The highest BCUT2D eigenvalue weighted by molar-refractivity contribution is 6.68. The Balaban J connectivity index is 1.40. The van der Waals surface area contributed by atoms with Crippen molar-refractivity contribution in [2.45, 2.75) is 109 Å². The quantitative estimate of drug-likeness (QED) is 0.0631. The molecule has 3 aromatic carbocycles. The summed E-state index contributed by atoms with van der Waals surface area (Å²) in [7, 11) is 0. The van der Waals surface area contributed by atoms with E-state index in [0.717, 1.165) is 6.92 Å². The monoisotopic (exact) mass is 1160 g/mol. The van der Waals surface area contributed by atoms with Gasteiger partial charge in [-0.25, -0.2) is 19.2 Å². The van der Waals surface area contributed by atoms with Crippen LogP contribution in [0, 0.1) is 16.7 Å². The SMILES string of the molecule is CC(=O)O[C@@]12CO[C@@H]1C[C@H](OC(=O)OCC(Cl)(Cl)Cl)[C@@]1(C)C(=O)[C@H](O)C3=C(C)[C@@H](OC(=O)[C@H](OC(=O)OCC(Cl)(Cl)Cl)[C@@H](NC(=O)c4ccccc4)c4ccccc4)C[C@@](O)([C@@H](OC(=O)c4ccccc4)C12)C3(C)C. The van der Waals surface area contributed by atoms with E-state index in [1.807, 2.05) is 0 Å². The summed E-state index contributed by atoms with van der Waals surface area (Å²) in [6, 6.07) is 21.7. The Bertz CT molecular complexity index is 2700. The van der Waals surface area contributed by atoms with Crippen LogP contribution in [0.3, 0.4) is 0 Å². The molecule has 2 saturated carbocycles. The Morgan fingerprint density at radius 1 is 0.787 bits per heavy atom. The molecule has 1 amide bonds. The summed E-state index contributed by atoms with van der Waals surface area (Å²) < 4.78 is 42.2. The molecule has 3 fully saturated rings. The predicted molar refractivity (Wildman–Crippen MR) is 269 cm³/mol. The number of carbonyl (C=O) groups is 7. The molecule has 24 heteroatoms. The van der Waals surface area contributed by atoms with Gasteiger partial charge in [-0.1, -0.05) is 150 Å². The fraction of sp³-hybridized carbons (Fsp3) is 0.471. The number of aliphatic hydroxyl groups is 2. The Kier molecular flexibility index (Phi) is 17.1. The number of Topliss-reactive ketones (excluding diaryl/α,β-unsaturated/α-hetero) is 1. The lowest BCUT2D eigenvalue weighted by Gasteiger charge is -2.67. The normalized spacial score (nSPS) is 28.7. The molecule has 4 aliphatic rings. The molecule has 7 rings (SSSR count). The minimum absolute atomic E-state index is 0.00825. The molecule has 3 N–H and O–H groups in total. The van der Waals surface area contributed by atoms with Crippen molar-refractivity contribution in [2.24, 2.45) is 16.7 Å². The summed E-state index contributed by atoms with van der Waals surface area (Å²) in [6.45, 7) is 4.60. The van der Waals surface area contributed by atoms with Crippen LogP contribution in [0.1, 0.15) is 79.8 Å². The highest BCUT2D eigenvalue weighted by Gasteiger charge is 2.79. The first kappa shape index (κ1) is 57.8. The van der Waals surface area contributed by atoms with Crippen molar-refractivity contribution in [3.63, 3.8) is 0 Å². The highest BCUT2D eigenvalue weighted by Crippen LogP contribution is 2.64. The van der Waals surface area contributed by atoms with Crippen molar-refractivity contribution in [1.29, 1.82) is 0 Å².